The molecule has 2 unspecified atom stereocenters. The average molecular weight is 293 g/mol. The van der Waals surface area contributed by atoms with Crippen molar-refractivity contribution < 1.29 is 9.18 Å². The molecule has 0 radical (unpaired) electrons. The number of carbonyl (C=O) groups excluding carboxylic acids is 1. The van der Waals surface area contributed by atoms with Crippen molar-refractivity contribution in [3.8, 4) is 0 Å². The Hall–Kier alpha value is -1.46. The van der Waals surface area contributed by atoms with Crippen LogP contribution in [0.25, 0.3) is 0 Å². The van der Waals surface area contributed by atoms with Crippen LogP contribution >= 0.6 is 0 Å². The van der Waals surface area contributed by atoms with Gasteiger partial charge in [-0.2, -0.15) is 0 Å². The van der Waals surface area contributed by atoms with E-state index < -0.39 is 0 Å². The minimum Gasteiger partial charge on any atom is -0.327 e. The Kier molecular flexibility index (Phi) is 4.64. The Balaban J connectivity index is 1.99. The van der Waals surface area contributed by atoms with Crippen molar-refractivity contribution in [2.75, 3.05) is 18.4 Å². The smallest absolute Gasteiger partial charge is 0.241 e. The molecule has 1 fully saturated rings. The first-order chi connectivity index (χ1) is 9.79. The summed E-state index contributed by atoms with van der Waals surface area (Å²) in [4.78, 5) is 14.4. The van der Waals surface area contributed by atoms with Crippen molar-refractivity contribution in [3.05, 3.63) is 30.1 Å². The fourth-order valence-corrected chi connectivity index (χ4v) is 2.72. The van der Waals surface area contributed by atoms with Crippen LogP contribution in [0.5, 0.6) is 0 Å². The minimum atomic E-state index is -0.356. The second-order valence-corrected chi connectivity index (χ2v) is 6.53. The summed E-state index contributed by atoms with van der Waals surface area (Å²) < 4.78 is 13.1. The molecule has 1 aliphatic rings. The van der Waals surface area contributed by atoms with Crippen LogP contribution in [0.4, 0.5) is 10.1 Å². The van der Waals surface area contributed by atoms with Crippen LogP contribution in [0.3, 0.4) is 0 Å². The molecule has 1 saturated heterocycles. The quantitative estimate of drug-likeness (QED) is 0.898. The summed E-state index contributed by atoms with van der Waals surface area (Å²) in [7, 11) is 0. The van der Waals surface area contributed by atoms with Crippen molar-refractivity contribution in [3.63, 3.8) is 0 Å². The maximum atomic E-state index is 13.1. The van der Waals surface area contributed by atoms with Crippen molar-refractivity contribution in [2.45, 2.75) is 39.3 Å². The largest absolute Gasteiger partial charge is 0.327 e. The van der Waals surface area contributed by atoms with E-state index in [0.29, 0.717) is 5.69 Å². The van der Waals surface area contributed by atoms with E-state index in [9.17, 15) is 9.18 Å². The van der Waals surface area contributed by atoms with Gasteiger partial charge in [-0.25, -0.2) is 4.39 Å². The van der Waals surface area contributed by atoms with Crippen LogP contribution in [0.1, 0.15) is 27.2 Å². The topological polar surface area (TPSA) is 58.4 Å². The minimum absolute atomic E-state index is 0.00829. The molecule has 3 N–H and O–H groups in total. The lowest BCUT2D eigenvalue weighted by Gasteiger charge is -2.44. The molecule has 5 heteroatoms. The number of halogens is 1. The molecule has 1 aromatic carbocycles. The van der Waals surface area contributed by atoms with Gasteiger partial charge < -0.3 is 11.1 Å². The molecule has 1 heterocycles. The highest BCUT2D eigenvalue weighted by atomic mass is 19.1. The zero-order chi connectivity index (χ0) is 15.6. The third-order valence-corrected chi connectivity index (χ3v) is 4.36. The Morgan fingerprint density at radius 3 is 2.86 bits per heavy atom. The number of hydrogen-bond acceptors (Lipinski definition) is 3. The van der Waals surface area contributed by atoms with E-state index in [1.165, 1.54) is 12.1 Å². The highest BCUT2D eigenvalue weighted by molar-refractivity contribution is 5.94. The number of amides is 1. The van der Waals surface area contributed by atoms with E-state index >= 15 is 0 Å². The predicted molar refractivity (Wildman–Crippen MR) is 82.4 cm³/mol. The van der Waals surface area contributed by atoms with Crippen molar-refractivity contribution in [1.82, 2.24) is 4.90 Å². The van der Waals surface area contributed by atoms with E-state index in [0.717, 1.165) is 19.5 Å². The second kappa shape index (κ2) is 6.12. The van der Waals surface area contributed by atoms with Crippen molar-refractivity contribution >= 4 is 11.6 Å². The number of nitrogens with one attached hydrogen (secondary N) is 1. The molecular weight excluding hydrogens is 269 g/mol. The fraction of sp³-hybridized carbons (Fsp3) is 0.562. The number of carbonyl (C=O) groups is 1. The number of rotatable bonds is 3. The molecule has 0 aromatic heterocycles. The van der Waals surface area contributed by atoms with Gasteiger partial charge in [0.15, 0.2) is 0 Å². The molecule has 1 aliphatic heterocycles. The van der Waals surface area contributed by atoms with Gasteiger partial charge in [0.2, 0.25) is 5.91 Å². The summed E-state index contributed by atoms with van der Waals surface area (Å²) >= 11 is 0. The number of anilines is 1. The molecule has 2 rings (SSSR count). The number of hydrogen-bond donors (Lipinski definition) is 2. The van der Waals surface area contributed by atoms with Crippen LogP contribution in [0, 0.1) is 11.2 Å². The Morgan fingerprint density at radius 1 is 1.52 bits per heavy atom. The van der Waals surface area contributed by atoms with E-state index in [-0.39, 0.29) is 29.2 Å². The van der Waals surface area contributed by atoms with Gasteiger partial charge in [-0.3, -0.25) is 9.69 Å². The lowest BCUT2D eigenvalue weighted by atomic mass is 9.79. The average Bonchev–Trinajstić information content (AvgIpc) is 2.41. The molecule has 1 amide bonds. The lowest BCUT2D eigenvalue weighted by Crippen LogP contribution is -2.56. The summed E-state index contributed by atoms with van der Waals surface area (Å²) in [6.07, 6.45) is 0.880. The number of piperidine rings is 1. The van der Waals surface area contributed by atoms with Gasteiger partial charge >= 0.3 is 0 Å². The molecule has 0 saturated carbocycles. The molecular formula is C16H24FN3O. The van der Waals surface area contributed by atoms with Gasteiger partial charge in [0.1, 0.15) is 5.82 Å². The molecule has 4 nitrogen and oxygen atoms in total. The molecule has 0 aliphatic carbocycles. The SMILES string of the molecule is CC(C(=O)Nc1cccc(F)c1)N1CCC(N)C(C)(C)C1. The third kappa shape index (κ3) is 3.80. The summed E-state index contributed by atoms with van der Waals surface area (Å²) in [6.45, 7) is 7.72. The van der Waals surface area contributed by atoms with Gasteiger partial charge in [0.25, 0.3) is 0 Å². The first kappa shape index (κ1) is 15.9. The van der Waals surface area contributed by atoms with Crippen LogP contribution in [0.15, 0.2) is 24.3 Å². The second-order valence-electron chi connectivity index (χ2n) is 6.53. The standard InChI is InChI=1S/C16H24FN3O/c1-11(20-8-7-14(18)16(2,3)10-20)15(21)19-13-6-4-5-12(17)9-13/h4-6,9,11,14H,7-8,10,18H2,1-3H3,(H,19,21). The molecule has 116 valence electrons. The fourth-order valence-electron chi connectivity index (χ4n) is 2.72. The molecule has 2 atom stereocenters. The molecule has 0 bridgehead atoms. The maximum absolute atomic E-state index is 13.1. The van der Waals surface area contributed by atoms with E-state index in [1.807, 2.05) is 6.92 Å². The van der Waals surface area contributed by atoms with E-state index in [4.69, 9.17) is 5.73 Å². The zero-order valence-corrected chi connectivity index (χ0v) is 12.9. The summed E-state index contributed by atoms with van der Waals surface area (Å²) in [5.41, 5.74) is 6.60. The van der Waals surface area contributed by atoms with Crippen LogP contribution in [-0.4, -0.2) is 36.0 Å². The third-order valence-electron chi connectivity index (χ3n) is 4.36. The van der Waals surface area contributed by atoms with Crippen molar-refractivity contribution in [2.24, 2.45) is 11.1 Å². The van der Waals surface area contributed by atoms with Crippen LogP contribution < -0.4 is 11.1 Å². The highest BCUT2D eigenvalue weighted by Gasteiger charge is 2.36. The first-order valence-corrected chi connectivity index (χ1v) is 7.35. The van der Waals surface area contributed by atoms with Crippen LogP contribution in [-0.2, 0) is 4.79 Å². The van der Waals surface area contributed by atoms with Crippen molar-refractivity contribution in [1.29, 1.82) is 0 Å². The van der Waals surface area contributed by atoms with Crippen LogP contribution in [0.2, 0.25) is 0 Å². The Labute approximate surface area is 125 Å². The van der Waals surface area contributed by atoms with Gasteiger partial charge in [-0.15, -0.1) is 0 Å². The maximum Gasteiger partial charge on any atom is 0.241 e. The molecule has 1 aromatic rings. The molecule has 0 spiro atoms. The summed E-state index contributed by atoms with van der Waals surface area (Å²) in [5, 5.41) is 2.77. The van der Waals surface area contributed by atoms with E-state index in [2.05, 4.69) is 24.1 Å². The normalized spacial score (nSPS) is 23.6. The number of likely N-dealkylation sites (tertiary alicyclic amines) is 1. The van der Waals surface area contributed by atoms with Gasteiger partial charge in [-0.05, 0) is 37.0 Å². The number of benzene rings is 1. The van der Waals surface area contributed by atoms with Gasteiger partial charge in [0.05, 0.1) is 6.04 Å². The highest BCUT2D eigenvalue weighted by Crippen LogP contribution is 2.29. The molecule has 21 heavy (non-hydrogen) atoms. The number of nitrogens with zero attached hydrogens (tertiary/aromatic N) is 1. The summed E-state index contributed by atoms with van der Waals surface area (Å²) in [6, 6.07) is 5.84. The lowest BCUT2D eigenvalue weighted by molar-refractivity contribution is -0.122. The zero-order valence-electron chi connectivity index (χ0n) is 12.9. The predicted octanol–water partition coefficient (Wildman–Crippen LogP) is 2.21. The number of nitrogens with two attached hydrogens (primary N) is 1. The van der Waals surface area contributed by atoms with Gasteiger partial charge in [-0.1, -0.05) is 19.9 Å². The van der Waals surface area contributed by atoms with E-state index in [1.54, 1.807) is 12.1 Å². The Bertz CT molecular complexity index is 518. The Morgan fingerprint density at radius 2 is 2.24 bits per heavy atom. The summed E-state index contributed by atoms with van der Waals surface area (Å²) in [5.74, 6) is -0.475. The first-order valence-electron chi connectivity index (χ1n) is 7.35. The van der Waals surface area contributed by atoms with Gasteiger partial charge in [0, 0.05) is 24.8 Å². The monoisotopic (exact) mass is 293 g/mol.